The highest BCUT2D eigenvalue weighted by Gasteiger charge is 2.16. The molecule has 40 heavy (non-hydrogen) atoms. The molecule has 1 N–H and O–H groups in total. The third-order valence-electron chi connectivity index (χ3n) is 5.82. The molecule has 0 saturated carbocycles. The van der Waals surface area contributed by atoms with Crippen LogP contribution < -0.4 is 24.4 Å². The molecule has 4 aromatic carbocycles. The number of carbonyl (C=O) groups excluding carboxylic acids is 2. The predicted octanol–water partition coefficient (Wildman–Crippen LogP) is 6.27. The quantitative estimate of drug-likeness (QED) is 0.0994. The molecule has 1 amide bonds. The molecule has 204 valence electrons. The Morgan fingerprint density at radius 2 is 1.50 bits per heavy atom. The van der Waals surface area contributed by atoms with Gasteiger partial charge in [0.2, 0.25) is 0 Å². The Bertz CT molecular complexity index is 1510. The molecule has 9 heteroatoms. The summed E-state index contributed by atoms with van der Waals surface area (Å²) in [5.74, 6) is 0.672. The van der Waals surface area contributed by atoms with Crippen molar-refractivity contribution in [3.63, 3.8) is 0 Å². The third kappa shape index (κ3) is 7.27. The number of hydrazone groups is 1. The molecule has 4 rings (SSSR count). The first kappa shape index (κ1) is 28.4. The predicted molar refractivity (Wildman–Crippen MR) is 156 cm³/mol. The van der Waals surface area contributed by atoms with Gasteiger partial charge in [-0.25, -0.2) is 10.2 Å². The van der Waals surface area contributed by atoms with Crippen LogP contribution in [-0.4, -0.2) is 38.4 Å². The van der Waals surface area contributed by atoms with Crippen LogP contribution in [0.1, 0.15) is 22.8 Å². The maximum Gasteiger partial charge on any atom is 0.343 e. The molecule has 0 aliphatic rings. The summed E-state index contributed by atoms with van der Waals surface area (Å²) in [6, 6.07) is 27.3. The van der Waals surface area contributed by atoms with Gasteiger partial charge in [0, 0.05) is 10.0 Å². The van der Waals surface area contributed by atoms with Crippen LogP contribution in [0.2, 0.25) is 0 Å². The lowest BCUT2D eigenvalue weighted by atomic mass is 10.1. The number of rotatable bonds is 10. The summed E-state index contributed by atoms with van der Waals surface area (Å²) in [6.07, 6.45) is 0.589. The highest BCUT2D eigenvalue weighted by atomic mass is 79.9. The van der Waals surface area contributed by atoms with E-state index in [1.165, 1.54) is 26.5 Å². The number of methoxy groups -OCH3 is 2. The normalized spacial score (nSPS) is 11.5. The zero-order chi connectivity index (χ0) is 28.5. The number of hydrogen-bond donors (Lipinski definition) is 1. The maximum atomic E-state index is 12.8. The van der Waals surface area contributed by atoms with Crippen LogP contribution in [0.25, 0.3) is 11.1 Å². The van der Waals surface area contributed by atoms with Crippen molar-refractivity contribution >= 4 is 34.0 Å². The van der Waals surface area contributed by atoms with Crippen LogP contribution in [0.5, 0.6) is 23.0 Å². The summed E-state index contributed by atoms with van der Waals surface area (Å²) < 4.78 is 22.6. The number of ether oxygens (including phenoxy) is 4. The Morgan fingerprint density at radius 3 is 2.20 bits per heavy atom. The van der Waals surface area contributed by atoms with Gasteiger partial charge in [-0.1, -0.05) is 58.4 Å². The Hall–Kier alpha value is -4.63. The van der Waals surface area contributed by atoms with Gasteiger partial charge in [0.05, 0.1) is 26.0 Å². The molecule has 8 nitrogen and oxygen atoms in total. The van der Waals surface area contributed by atoms with Gasteiger partial charge >= 0.3 is 5.97 Å². The van der Waals surface area contributed by atoms with E-state index < -0.39 is 18.0 Å². The van der Waals surface area contributed by atoms with Gasteiger partial charge in [-0.05, 0) is 66.6 Å². The molecule has 0 unspecified atom stereocenters. The van der Waals surface area contributed by atoms with E-state index in [1.807, 2.05) is 54.6 Å². The molecule has 0 radical (unpaired) electrons. The standard InChI is InChI=1S/C31H27BrN2O6/c1-20(39-26-13-9-22(10-14-26)21-7-5-4-6-8-21)30(35)34-33-19-24-17-25(32)12-16-27(24)40-31(36)23-11-15-28(37-2)29(18-23)38-3/h4-20H,1-3H3,(H,34,35)/b33-19-/t20-/m1/s1. The molecule has 0 heterocycles. The molecule has 1 atom stereocenters. The van der Waals surface area contributed by atoms with Gasteiger partial charge in [0.15, 0.2) is 17.6 Å². The van der Waals surface area contributed by atoms with E-state index in [2.05, 4.69) is 26.5 Å². The number of hydrogen-bond acceptors (Lipinski definition) is 7. The van der Waals surface area contributed by atoms with E-state index in [-0.39, 0.29) is 11.3 Å². The van der Waals surface area contributed by atoms with Crippen LogP contribution in [0.3, 0.4) is 0 Å². The van der Waals surface area contributed by atoms with Crippen molar-refractivity contribution in [1.29, 1.82) is 0 Å². The monoisotopic (exact) mass is 602 g/mol. The topological polar surface area (TPSA) is 95.5 Å². The first-order valence-corrected chi connectivity index (χ1v) is 13.1. The number of nitrogens with zero attached hydrogens (tertiary/aromatic N) is 1. The molecular formula is C31H27BrN2O6. The van der Waals surface area contributed by atoms with E-state index in [0.717, 1.165) is 15.6 Å². The van der Waals surface area contributed by atoms with Crippen LogP contribution in [0.4, 0.5) is 0 Å². The van der Waals surface area contributed by atoms with E-state index in [0.29, 0.717) is 22.8 Å². The second kappa shape index (κ2) is 13.4. The zero-order valence-electron chi connectivity index (χ0n) is 22.1. The first-order valence-electron chi connectivity index (χ1n) is 12.3. The summed E-state index contributed by atoms with van der Waals surface area (Å²) in [5, 5.41) is 4.04. The zero-order valence-corrected chi connectivity index (χ0v) is 23.7. The molecule has 0 saturated heterocycles. The molecular weight excluding hydrogens is 576 g/mol. The van der Waals surface area contributed by atoms with E-state index in [9.17, 15) is 9.59 Å². The van der Waals surface area contributed by atoms with Crippen molar-refractivity contribution in [2.45, 2.75) is 13.0 Å². The van der Waals surface area contributed by atoms with Crippen molar-refractivity contribution in [3.8, 4) is 34.1 Å². The molecule has 0 aliphatic carbocycles. The number of benzene rings is 4. The Labute approximate surface area is 240 Å². The summed E-state index contributed by atoms with van der Waals surface area (Å²) >= 11 is 3.40. The van der Waals surface area contributed by atoms with Crippen LogP contribution in [-0.2, 0) is 4.79 Å². The smallest absolute Gasteiger partial charge is 0.343 e. The minimum Gasteiger partial charge on any atom is -0.493 e. The average Bonchev–Trinajstić information content (AvgIpc) is 2.98. The number of carbonyl (C=O) groups is 2. The van der Waals surface area contributed by atoms with E-state index >= 15 is 0 Å². The third-order valence-corrected chi connectivity index (χ3v) is 6.31. The summed E-state index contributed by atoms with van der Waals surface area (Å²) in [7, 11) is 3.00. The lowest BCUT2D eigenvalue weighted by Gasteiger charge is -2.13. The fourth-order valence-corrected chi connectivity index (χ4v) is 4.08. The van der Waals surface area contributed by atoms with Crippen molar-refractivity contribution < 1.29 is 28.5 Å². The molecule has 0 aromatic heterocycles. The fourth-order valence-electron chi connectivity index (χ4n) is 3.71. The SMILES string of the molecule is COc1ccc(C(=O)Oc2ccc(Br)cc2/C=N\NC(=O)[C@@H](C)Oc2ccc(-c3ccccc3)cc2)cc1OC. The van der Waals surface area contributed by atoms with Crippen LogP contribution >= 0.6 is 15.9 Å². The second-order valence-electron chi connectivity index (χ2n) is 8.53. The highest BCUT2D eigenvalue weighted by molar-refractivity contribution is 9.10. The van der Waals surface area contributed by atoms with Gasteiger partial charge < -0.3 is 18.9 Å². The van der Waals surface area contributed by atoms with Crippen molar-refractivity contribution in [2.75, 3.05) is 14.2 Å². The van der Waals surface area contributed by atoms with E-state index in [1.54, 1.807) is 37.3 Å². The summed E-state index contributed by atoms with van der Waals surface area (Å²) in [4.78, 5) is 25.4. The van der Waals surface area contributed by atoms with Gasteiger partial charge in [-0.3, -0.25) is 4.79 Å². The van der Waals surface area contributed by atoms with Crippen molar-refractivity contribution in [1.82, 2.24) is 5.43 Å². The number of nitrogens with one attached hydrogen (secondary N) is 1. The molecule has 0 bridgehead atoms. The van der Waals surface area contributed by atoms with Crippen molar-refractivity contribution in [2.24, 2.45) is 5.10 Å². The van der Waals surface area contributed by atoms with Gasteiger partial charge in [0.25, 0.3) is 5.91 Å². The Morgan fingerprint density at radius 1 is 0.825 bits per heavy atom. The molecule has 0 fully saturated rings. The lowest BCUT2D eigenvalue weighted by molar-refractivity contribution is -0.127. The number of esters is 1. The lowest BCUT2D eigenvalue weighted by Crippen LogP contribution is -2.33. The molecule has 0 spiro atoms. The summed E-state index contributed by atoms with van der Waals surface area (Å²) in [6.45, 7) is 1.63. The minimum atomic E-state index is -0.801. The van der Waals surface area contributed by atoms with E-state index in [4.69, 9.17) is 18.9 Å². The maximum absolute atomic E-state index is 12.8. The fraction of sp³-hybridized carbons (Fsp3) is 0.129. The molecule has 4 aromatic rings. The Kier molecular flexibility index (Phi) is 9.53. The second-order valence-corrected chi connectivity index (χ2v) is 9.44. The summed E-state index contributed by atoms with van der Waals surface area (Å²) in [5.41, 5.74) is 5.35. The molecule has 0 aliphatic heterocycles. The number of amides is 1. The van der Waals surface area contributed by atoms with Gasteiger partial charge in [-0.2, -0.15) is 5.10 Å². The van der Waals surface area contributed by atoms with Gasteiger partial charge in [-0.15, -0.1) is 0 Å². The average molecular weight is 603 g/mol. The van der Waals surface area contributed by atoms with Crippen LogP contribution in [0, 0.1) is 0 Å². The first-order chi connectivity index (χ1) is 19.4. The minimum absolute atomic E-state index is 0.254. The Balaban J connectivity index is 1.38. The number of halogens is 1. The van der Waals surface area contributed by atoms with Crippen LogP contribution in [0.15, 0.2) is 101 Å². The van der Waals surface area contributed by atoms with Gasteiger partial charge in [0.1, 0.15) is 11.5 Å². The van der Waals surface area contributed by atoms with Crippen molar-refractivity contribution in [3.05, 3.63) is 107 Å². The largest absolute Gasteiger partial charge is 0.493 e. The highest BCUT2D eigenvalue weighted by Crippen LogP contribution is 2.29.